The molecule has 5 nitrogen and oxygen atoms in total. The number of piperidine rings is 1. The van der Waals surface area contributed by atoms with Gasteiger partial charge in [0.15, 0.2) is 5.82 Å². The number of hydrogen-bond donors (Lipinski definition) is 1. The van der Waals surface area contributed by atoms with Crippen LogP contribution in [0.2, 0.25) is 5.02 Å². The SMILES string of the molecule is Clc1ccc2c(c1)c(NC1CCN(Cc3ccc4ccccc4c3)CC1)nn2Cc1ccccn1. The molecule has 0 spiro atoms. The van der Waals surface area contributed by atoms with Crippen LogP contribution in [0.3, 0.4) is 0 Å². The first-order valence-electron chi connectivity index (χ1n) is 12.2. The van der Waals surface area contributed by atoms with E-state index in [0.717, 1.165) is 59.9 Å². The van der Waals surface area contributed by atoms with Gasteiger partial charge in [0.25, 0.3) is 0 Å². The highest BCUT2D eigenvalue weighted by atomic mass is 35.5. The molecule has 1 aliphatic rings. The zero-order chi connectivity index (χ0) is 23.6. The molecule has 1 aliphatic heterocycles. The molecule has 0 bridgehead atoms. The van der Waals surface area contributed by atoms with Gasteiger partial charge >= 0.3 is 0 Å². The minimum atomic E-state index is 0.392. The maximum atomic E-state index is 6.35. The zero-order valence-electron chi connectivity index (χ0n) is 19.6. The fourth-order valence-corrected chi connectivity index (χ4v) is 5.22. The average Bonchev–Trinajstić information content (AvgIpc) is 3.21. The molecule has 1 fully saturated rings. The third-order valence-electron chi connectivity index (χ3n) is 6.90. The van der Waals surface area contributed by atoms with Gasteiger partial charge in [-0.25, -0.2) is 0 Å². The highest BCUT2D eigenvalue weighted by Crippen LogP contribution is 2.29. The Bertz CT molecular complexity index is 1450. The monoisotopic (exact) mass is 481 g/mol. The number of anilines is 1. The van der Waals surface area contributed by atoms with Crippen LogP contribution in [0.25, 0.3) is 21.7 Å². The van der Waals surface area contributed by atoms with Crippen LogP contribution in [0.4, 0.5) is 5.82 Å². The van der Waals surface area contributed by atoms with Crippen molar-refractivity contribution in [1.29, 1.82) is 0 Å². The molecule has 3 heterocycles. The summed E-state index contributed by atoms with van der Waals surface area (Å²) < 4.78 is 2.02. The Hall–Kier alpha value is -3.41. The maximum Gasteiger partial charge on any atom is 0.156 e. The van der Waals surface area contributed by atoms with Gasteiger partial charge < -0.3 is 5.32 Å². The molecule has 0 atom stereocenters. The molecule has 0 aliphatic carbocycles. The van der Waals surface area contributed by atoms with Crippen molar-refractivity contribution in [1.82, 2.24) is 19.7 Å². The summed E-state index contributed by atoms with van der Waals surface area (Å²) in [6.07, 6.45) is 3.99. The van der Waals surface area contributed by atoms with E-state index in [4.69, 9.17) is 16.7 Å². The summed E-state index contributed by atoms with van der Waals surface area (Å²) in [5, 5.41) is 13.1. The first-order valence-corrected chi connectivity index (χ1v) is 12.6. The van der Waals surface area contributed by atoms with Crippen LogP contribution < -0.4 is 5.32 Å². The summed E-state index contributed by atoms with van der Waals surface area (Å²) in [7, 11) is 0. The largest absolute Gasteiger partial charge is 0.365 e. The molecule has 35 heavy (non-hydrogen) atoms. The van der Waals surface area contributed by atoms with Crippen LogP contribution >= 0.6 is 11.6 Å². The smallest absolute Gasteiger partial charge is 0.156 e. The predicted octanol–water partition coefficient (Wildman–Crippen LogP) is 6.36. The van der Waals surface area contributed by atoms with E-state index in [-0.39, 0.29) is 0 Å². The second-order valence-corrected chi connectivity index (χ2v) is 9.80. The first-order chi connectivity index (χ1) is 17.2. The number of halogens is 1. The normalized spacial score (nSPS) is 15.1. The van der Waals surface area contributed by atoms with Crippen LogP contribution in [0.15, 0.2) is 85.1 Å². The van der Waals surface area contributed by atoms with Crippen LogP contribution in [0.5, 0.6) is 0 Å². The Morgan fingerprint density at radius 3 is 2.51 bits per heavy atom. The minimum absolute atomic E-state index is 0.392. The van der Waals surface area contributed by atoms with Crippen LogP contribution in [-0.4, -0.2) is 38.8 Å². The van der Waals surface area contributed by atoms with Crippen molar-refractivity contribution >= 4 is 39.1 Å². The Balaban J connectivity index is 1.14. The van der Waals surface area contributed by atoms with Crippen molar-refractivity contribution < 1.29 is 0 Å². The molecule has 6 heteroatoms. The lowest BCUT2D eigenvalue weighted by Gasteiger charge is -2.32. The number of aromatic nitrogens is 3. The number of rotatable bonds is 6. The van der Waals surface area contributed by atoms with Crippen molar-refractivity contribution in [2.75, 3.05) is 18.4 Å². The van der Waals surface area contributed by atoms with Crippen molar-refractivity contribution in [3.05, 3.63) is 101 Å². The van der Waals surface area contributed by atoms with E-state index in [9.17, 15) is 0 Å². The molecule has 0 saturated carbocycles. The molecular formula is C29H28ClN5. The van der Waals surface area contributed by atoms with E-state index in [2.05, 4.69) is 57.7 Å². The number of likely N-dealkylation sites (tertiary alicyclic amines) is 1. The third-order valence-corrected chi connectivity index (χ3v) is 7.13. The lowest BCUT2D eigenvalue weighted by atomic mass is 10.0. The number of fused-ring (bicyclic) bond motifs is 2. The zero-order valence-corrected chi connectivity index (χ0v) is 20.3. The summed E-state index contributed by atoms with van der Waals surface area (Å²) >= 11 is 6.35. The fraction of sp³-hybridized carbons (Fsp3) is 0.241. The molecule has 176 valence electrons. The molecular weight excluding hydrogens is 454 g/mol. The van der Waals surface area contributed by atoms with Crippen molar-refractivity contribution in [3.63, 3.8) is 0 Å². The predicted molar refractivity (Wildman–Crippen MR) is 144 cm³/mol. The van der Waals surface area contributed by atoms with Crippen molar-refractivity contribution in [3.8, 4) is 0 Å². The van der Waals surface area contributed by atoms with Gasteiger partial charge in [0.1, 0.15) is 0 Å². The number of pyridine rings is 1. The van der Waals surface area contributed by atoms with Crippen molar-refractivity contribution in [2.45, 2.75) is 32.0 Å². The van der Waals surface area contributed by atoms with Gasteiger partial charge in [-0.2, -0.15) is 5.10 Å². The maximum absolute atomic E-state index is 6.35. The third kappa shape index (κ3) is 4.88. The average molecular weight is 482 g/mol. The molecule has 2 aromatic heterocycles. The molecule has 0 unspecified atom stereocenters. The van der Waals surface area contributed by atoms with E-state index in [0.29, 0.717) is 12.6 Å². The van der Waals surface area contributed by atoms with Gasteiger partial charge in [0.2, 0.25) is 0 Å². The van der Waals surface area contributed by atoms with Crippen LogP contribution in [0, 0.1) is 0 Å². The van der Waals surface area contributed by atoms with Crippen LogP contribution in [0.1, 0.15) is 24.1 Å². The van der Waals surface area contributed by atoms with Gasteiger partial charge in [0, 0.05) is 42.3 Å². The van der Waals surface area contributed by atoms with Gasteiger partial charge in [-0.05, 0) is 65.6 Å². The quantitative estimate of drug-likeness (QED) is 0.306. The molecule has 5 aromatic rings. The lowest BCUT2D eigenvalue weighted by Crippen LogP contribution is -2.38. The number of nitrogens with zero attached hydrogens (tertiary/aromatic N) is 4. The summed E-state index contributed by atoms with van der Waals surface area (Å²) in [6, 6.07) is 27.7. The van der Waals surface area contributed by atoms with Crippen LogP contribution in [-0.2, 0) is 13.1 Å². The number of nitrogens with one attached hydrogen (secondary N) is 1. The second kappa shape index (κ2) is 9.68. The van der Waals surface area contributed by atoms with Gasteiger partial charge in [-0.3, -0.25) is 14.6 Å². The Morgan fingerprint density at radius 2 is 1.69 bits per heavy atom. The number of benzene rings is 3. The van der Waals surface area contributed by atoms with Gasteiger partial charge in [-0.1, -0.05) is 54.1 Å². The second-order valence-electron chi connectivity index (χ2n) is 9.37. The number of hydrogen-bond acceptors (Lipinski definition) is 4. The molecule has 3 aromatic carbocycles. The molecule has 6 rings (SSSR count). The fourth-order valence-electron chi connectivity index (χ4n) is 5.05. The topological polar surface area (TPSA) is 46.0 Å². The highest BCUT2D eigenvalue weighted by Gasteiger charge is 2.21. The van der Waals surface area contributed by atoms with E-state index in [1.807, 2.05) is 47.3 Å². The first kappa shape index (κ1) is 22.1. The Labute approximate surface area is 210 Å². The van der Waals surface area contributed by atoms with E-state index >= 15 is 0 Å². The minimum Gasteiger partial charge on any atom is -0.365 e. The highest BCUT2D eigenvalue weighted by molar-refractivity contribution is 6.31. The standard InChI is InChI=1S/C29H28ClN5/c30-24-10-11-28-27(18-24)29(33-35(28)20-26-7-3-4-14-31-26)32-25-12-15-34(16-13-25)19-21-8-9-22-5-1-2-6-23(22)17-21/h1-11,14,17-18,25H,12-13,15-16,19-20H2,(H,32,33). The van der Waals surface area contributed by atoms with Crippen molar-refractivity contribution in [2.24, 2.45) is 0 Å². The molecule has 0 radical (unpaired) electrons. The molecule has 1 saturated heterocycles. The summed E-state index contributed by atoms with van der Waals surface area (Å²) in [5.74, 6) is 0.909. The Morgan fingerprint density at radius 1 is 0.857 bits per heavy atom. The summed E-state index contributed by atoms with van der Waals surface area (Å²) in [4.78, 5) is 7.02. The summed E-state index contributed by atoms with van der Waals surface area (Å²) in [5.41, 5.74) is 3.43. The Kier molecular flexibility index (Phi) is 6.11. The van der Waals surface area contributed by atoms with Gasteiger partial charge in [0.05, 0.1) is 17.8 Å². The molecule has 1 N–H and O–H groups in total. The van der Waals surface area contributed by atoms with E-state index in [1.54, 1.807) is 0 Å². The lowest BCUT2D eigenvalue weighted by molar-refractivity contribution is 0.211. The van der Waals surface area contributed by atoms with E-state index in [1.165, 1.54) is 16.3 Å². The summed E-state index contributed by atoms with van der Waals surface area (Å²) in [6.45, 7) is 3.76. The van der Waals surface area contributed by atoms with Gasteiger partial charge in [-0.15, -0.1) is 0 Å². The van der Waals surface area contributed by atoms with E-state index < -0.39 is 0 Å². The molecule has 0 amide bonds.